The molecule has 0 saturated carbocycles. The molecule has 2 aromatic heterocycles. The Labute approximate surface area is 149 Å². The average Bonchev–Trinajstić information content (AvgIpc) is 3.06. The van der Waals surface area contributed by atoms with E-state index in [1.165, 1.54) is 35.9 Å². The Bertz CT molecular complexity index is 1230. The molecule has 10 heteroatoms. The molecule has 0 bridgehead atoms. The average molecular weight is 364 g/mol. The Kier molecular flexibility index (Phi) is 3.56. The molecule has 0 spiro atoms. The second-order valence-corrected chi connectivity index (χ2v) is 6.20. The van der Waals surface area contributed by atoms with Gasteiger partial charge in [0.05, 0.1) is 20.5 Å². The van der Waals surface area contributed by atoms with Crippen LogP contribution in [-0.4, -0.2) is 25.0 Å². The van der Waals surface area contributed by atoms with Gasteiger partial charge in [-0.3, -0.25) is 10.1 Å². The number of aromatic nitrogens is 3. The maximum Gasteiger partial charge on any atom is 0.330 e. The fourth-order valence-electron chi connectivity index (χ4n) is 2.55. The first kappa shape index (κ1) is 15.7. The zero-order chi connectivity index (χ0) is 18.3. The van der Waals surface area contributed by atoms with Gasteiger partial charge in [0.1, 0.15) is 12.1 Å². The lowest BCUT2D eigenvalue weighted by molar-refractivity contribution is -0.385. The molecule has 0 atom stereocenters. The predicted molar refractivity (Wildman–Crippen MR) is 97.0 cm³/mol. The summed E-state index contributed by atoms with van der Waals surface area (Å²) in [5.41, 5.74) is 1.29. The van der Waals surface area contributed by atoms with Crippen molar-refractivity contribution < 1.29 is 10.0 Å². The fraction of sp³-hybridized carbons (Fsp3) is 0. The number of anilines is 2. The first-order valence-electron chi connectivity index (χ1n) is 7.23. The molecule has 2 aromatic carbocycles. The number of aromatic hydroxyl groups is 1. The van der Waals surface area contributed by atoms with Gasteiger partial charge < -0.3 is 15.3 Å². The highest BCUT2D eigenvalue weighted by Gasteiger charge is 2.17. The first-order valence-corrected chi connectivity index (χ1v) is 8.04. The van der Waals surface area contributed by atoms with Crippen LogP contribution in [0.3, 0.4) is 0 Å². The lowest BCUT2D eigenvalue weighted by Gasteiger charge is -2.09. The number of hydrogen-bond acceptors (Lipinski definition) is 8. The Morgan fingerprint density at radius 2 is 2.04 bits per heavy atom. The molecule has 0 unspecified atom stereocenters. The van der Waals surface area contributed by atoms with E-state index in [4.69, 9.17) is 6.57 Å². The van der Waals surface area contributed by atoms with E-state index in [0.717, 1.165) is 4.70 Å². The maximum absolute atomic E-state index is 11.0. The van der Waals surface area contributed by atoms with Gasteiger partial charge in [-0.15, -0.1) is 16.3 Å². The highest BCUT2D eigenvalue weighted by atomic mass is 32.1. The standard InChI is InChI=1S/C16H8N6O3S/c1-17-16-21-10-4-3-9-13(14(10)26-16)15(19-7-18-9)20-8-2-5-12(23)11(6-8)22(24)25/h2-7,23H,(H,18,19,20). The minimum atomic E-state index is -0.665. The molecule has 126 valence electrons. The highest BCUT2D eigenvalue weighted by molar-refractivity contribution is 7.23. The normalized spacial score (nSPS) is 10.7. The number of nitrogens with zero attached hydrogens (tertiary/aromatic N) is 5. The van der Waals surface area contributed by atoms with Crippen molar-refractivity contribution in [2.75, 3.05) is 5.32 Å². The van der Waals surface area contributed by atoms with E-state index in [1.54, 1.807) is 12.1 Å². The molecule has 4 rings (SSSR count). The third-order valence-electron chi connectivity index (χ3n) is 3.68. The summed E-state index contributed by atoms with van der Waals surface area (Å²) in [7, 11) is 0. The van der Waals surface area contributed by atoms with Crippen LogP contribution in [0.1, 0.15) is 0 Å². The third kappa shape index (κ3) is 2.52. The van der Waals surface area contributed by atoms with Crippen LogP contribution in [0.5, 0.6) is 5.75 Å². The number of phenols is 1. The van der Waals surface area contributed by atoms with Crippen molar-refractivity contribution in [3.05, 3.63) is 58.2 Å². The summed E-state index contributed by atoms with van der Waals surface area (Å²) in [6.07, 6.45) is 1.38. The molecule has 2 N–H and O–H groups in total. The van der Waals surface area contributed by atoms with Gasteiger partial charge in [0.2, 0.25) is 0 Å². The van der Waals surface area contributed by atoms with Gasteiger partial charge in [-0.05, 0) is 24.3 Å². The van der Waals surface area contributed by atoms with Gasteiger partial charge >= 0.3 is 10.8 Å². The van der Waals surface area contributed by atoms with Crippen LogP contribution in [0, 0.1) is 16.7 Å². The molecule has 0 aliphatic carbocycles. The van der Waals surface area contributed by atoms with E-state index in [2.05, 4.69) is 25.1 Å². The molecule has 0 fully saturated rings. The Morgan fingerprint density at radius 3 is 2.81 bits per heavy atom. The van der Waals surface area contributed by atoms with Gasteiger partial charge in [-0.25, -0.2) is 9.97 Å². The predicted octanol–water partition coefficient (Wildman–Crippen LogP) is 4.15. The van der Waals surface area contributed by atoms with Crippen molar-refractivity contribution in [1.29, 1.82) is 0 Å². The third-order valence-corrected chi connectivity index (χ3v) is 4.66. The van der Waals surface area contributed by atoms with Gasteiger partial charge in [-0.2, -0.15) is 0 Å². The molecule has 0 aliphatic heterocycles. The monoisotopic (exact) mass is 364 g/mol. The Balaban J connectivity index is 1.89. The van der Waals surface area contributed by atoms with E-state index < -0.39 is 16.4 Å². The smallest absolute Gasteiger partial charge is 0.330 e. The Hall–Kier alpha value is -3.84. The summed E-state index contributed by atoms with van der Waals surface area (Å²) in [6, 6.07) is 7.53. The van der Waals surface area contributed by atoms with Crippen LogP contribution in [0.4, 0.5) is 22.3 Å². The molecule has 9 nitrogen and oxygen atoms in total. The van der Waals surface area contributed by atoms with Crippen LogP contribution in [0.2, 0.25) is 0 Å². The zero-order valence-corrected chi connectivity index (χ0v) is 13.7. The summed E-state index contributed by atoms with van der Waals surface area (Å²) in [4.78, 5) is 26.4. The van der Waals surface area contributed by atoms with Crippen molar-refractivity contribution in [2.45, 2.75) is 0 Å². The summed E-state index contributed by atoms with van der Waals surface area (Å²) in [5, 5.41) is 24.6. The van der Waals surface area contributed by atoms with Gasteiger partial charge in [0.25, 0.3) is 0 Å². The summed E-state index contributed by atoms with van der Waals surface area (Å²) >= 11 is 1.23. The fourth-order valence-corrected chi connectivity index (χ4v) is 3.44. The number of hydrogen-bond donors (Lipinski definition) is 2. The highest BCUT2D eigenvalue weighted by Crippen LogP contribution is 2.37. The van der Waals surface area contributed by atoms with E-state index in [9.17, 15) is 15.2 Å². The number of rotatable bonds is 3. The van der Waals surface area contributed by atoms with Crippen molar-refractivity contribution in [3.8, 4) is 5.75 Å². The largest absolute Gasteiger partial charge is 0.502 e. The minimum absolute atomic E-state index is 0.308. The number of fused-ring (bicyclic) bond motifs is 3. The van der Waals surface area contributed by atoms with E-state index in [0.29, 0.717) is 33.1 Å². The summed E-state index contributed by atoms with van der Waals surface area (Å²) in [6.45, 7) is 7.14. The summed E-state index contributed by atoms with van der Waals surface area (Å²) < 4.78 is 0.755. The van der Waals surface area contributed by atoms with Gasteiger partial charge in [0.15, 0.2) is 11.3 Å². The molecule has 0 aliphatic rings. The van der Waals surface area contributed by atoms with Crippen molar-refractivity contribution in [2.24, 2.45) is 0 Å². The number of thiazole rings is 1. The van der Waals surface area contributed by atoms with Crippen molar-refractivity contribution in [3.63, 3.8) is 0 Å². The molecule has 26 heavy (non-hydrogen) atoms. The van der Waals surface area contributed by atoms with Gasteiger partial charge in [-0.1, -0.05) is 6.57 Å². The molecule has 4 aromatic rings. The zero-order valence-electron chi connectivity index (χ0n) is 12.9. The molecular weight excluding hydrogens is 356 g/mol. The quantitative estimate of drug-likeness (QED) is 0.243. The van der Waals surface area contributed by atoms with Crippen molar-refractivity contribution >= 4 is 54.8 Å². The number of phenolic OH excluding ortho intramolecular Hbond substituents is 1. The van der Waals surface area contributed by atoms with Gasteiger partial charge in [0, 0.05) is 11.8 Å². The van der Waals surface area contributed by atoms with Crippen LogP contribution in [0.15, 0.2) is 36.7 Å². The van der Waals surface area contributed by atoms with Crippen LogP contribution >= 0.6 is 11.3 Å². The molecule has 0 saturated heterocycles. The lowest BCUT2D eigenvalue weighted by Crippen LogP contribution is -1.97. The topological polar surface area (TPSA) is 118 Å². The first-order chi connectivity index (χ1) is 12.6. The number of nitrogens with one attached hydrogen (secondary N) is 1. The second kappa shape index (κ2) is 5.91. The Morgan fingerprint density at radius 1 is 1.23 bits per heavy atom. The molecular formula is C16H8N6O3S. The maximum atomic E-state index is 11.0. The minimum Gasteiger partial charge on any atom is -0.502 e. The van der Waals surface area contributed by atoms with Crippen molar-refractivity contribution in [1.82, 2.24) is 15.0 Å². The van der Waals surface area contributed by atoms with Crippen LogP contribution < -0.4 is 5.32 Å². The second-order valence-electron chi connectivity index (χ2n) is 5.22. The van der Waals surface area contributed by atoms with Crippen LogP contribution in [-0.2, 0) is 0 Å². The molecule has 0 radical (unpaired) electrons. The lowest BCUT2D eigenvalue weighted by atomic mass is 10.2. The SMILES string of the molecule is [C-]#[N+]c1nc2ccc3ncnc(Nc4ccc(O)c([N+](=O)[O-])c4)c3c2s1. The van der Waals surface area contributed by atoms with E-state index >= 15 is 0 Å². The number of nitro benzene ring substituents is 1. The molecule has 0 amide bonds. The molecule has 2 heterocycles. The van der Waals surface area contributed by atoms with E-state index in [1.807, 2.05) is 0 Å². The van der Waals surface area contributed by atoms with E-state index in [-0.39, 0.29) is 0 Å². The number of benzene rings is 2. The summed E-state index contributed by atoms with van der Waals surface area (Å²) in [5.74, 6) is 0.0143. The van der Waals surface area contributed by atoms with Crippen LogP contribution in [0.25, 0.3) is 26.0 Å². The number of nitro groups is 1.